The molecule has 2 aliphatic rings. The Balaban J connectivity index is 1.28. The fraction of sp³-hybridized carbons (Fsp3) is 0.480. The van der Waals surface area contributed by atoms with E-state index in [1.165, 1.54) is 36.7 Å². The Morgan fingerprint density at radius 2 is 1.62 bits per heavy atom. The molecular formula is C25H32N6O5S. The van der Waals surface area contributed by atoms with Crippen molar-refractivity contribution >= 4 is 39.4 Å². The molecule has 2 aromatic rings. The van der Waals surface area contributed by atoms with Crippen molar-refractivity contribution in [2.75, 3.05) is 29.7 Å². The predicted octanol–water partition coefficient (Wildman–Crippen LogP) is 2.10. The van der Waals surface area contributed by atoms with Crippen LogP contribution in [0.15, 0.2) is 47.6 Å². The van der Waals surface area contributed by atoms with Gasteiger partial charge in [0.15, 0.2) is 0 Å². The Hall–Kier alpha value is -3.54. The van der Waals surface area contributed by atoms with E-state index in [1.807, 2.05) is 20.8 Å². The molecule has 4 rings (SSSR count). The minimum absolute atomic E-state index is 0.00288. The lowest BCUT2D eigenvalue weighted by Crippen LogP contribution is -2.46. The molecule has 1 aromatic heterocycles. The van der Waals surface area contributed by atoms with Gasteiger partial charge in [-0.2, -0.15) is 0 Å². The third-order valence-electron chi connectivity index (χ3n) is 6.69. The number of benzene rings is 1. The molecule has 1 aromatic carbocycles. The maximum Gasteiger partial charge on any atom is 0.264 e. The zero-order valence-electron chi connectivity index (χ0n) is 21.2. The second-order valence-electron chi connectivity index (χ2n) is 10.4. The molecule has 2 N–H and O–H groups in total. The van der Waals surface area contributed by atoms with E-state index < -0.39 is 10.0 Å². The first-order chi connectivity index (χ1) is 17.4. The molecule has 0 radical (unpaired) electrons. The van der Waals surface area contributed by atoms with E-state index in [-0.39, 0.29) is 52.4 Å². The summed E-state index contributed by atoms with van der Waals surface area (Å²) in [6.07, 6.45) is 4.14. The largest absolute Gasteiger partial charge is 0.342 e. The standard InChI is InChI=1S/C25H32N6O5S/c1-25(2,3)31-16-18(15-21(31)32)23(34)30-13-9-17(10-14-30)22(33)28-19-5-7-20(8-6-19)37(35,36)29-24-26-11-4-12-27-24/h4-8,11-12,17-18H,9-10,13-16H2,1-3H3,(H,28,33)(H,26,27,29). The smallest absolute Gasteiger partial charge is 0.264 e. The van der Waals surface area contributed by atoms with E-state index in [0.717, 1.165) is 0 Å². The van der Waals surface area contributed by atoms with Crippen LogP contribution in [0.4, 0.5) is 11.6 Å². The summed E-state index contributed by atoms with van der Waals surface area (Å²) in [4.78, 5) is 49.4. The summed E-state index contributed by atoms with van der Waals surface area (Å²) >= 11 is 0. The molecule has 198 valence electrons. The second kappa shape index (κ2) is 10.4. The van der Waals surface area contributed by atoms with Crippen LogP contribution in [0.3, 0.4) is 0 Å². The molecule has 0 aliphatic carbocycles. The highest BCUT2D eigenvalue weighted by Gasteiger charge is 2.41. The quantitative estimate of drug-likeness (QED) is 0.585. The Kier molecular flexibility index (Phi) is 7.49. The van der Waals surface area contributed by atoms with Crippen LogP contribution in [0.1, 0.15) is 40.0 Å². The number of rotatable bonds is 6. The highest BCUT2D eigenvalue weighted by Crippen LogP contribution is 2.29. The molecule has 2 fully saturated rings. The molecule has 11 nitrogen and oxygen atoms in total. The summed E-state index contributed by atoms with van der Waals surface area (Å²) in [6, 6.07) is 7.41. The van der Waals surface area contributed by atoms with E-state index in [9.17, 15) is 22.8 Å². The SMILES string of the molecule is CC(C)(C)N1CC(C(=O)N2CCC(C(=O)Nc3ccc(S(=O)(=O)Nc4ncccn4)cc3)CC2)CC1=O. The summed E-state index contributed by atoms with van der Waals surface area (Å²) in [5.74, 6) is -0.826. The minimum Gasteiger partial charge on any atom is -0.342 e. The predicted molar refractivity (Wildman–Crippen MR) is 137 cm³/mol. The third kappa shape index (κ3) is 6.24. The summed E-state index contributed by atoms with van der Waals surface area (Å²) in [7, 11) is -3.86. The first kappa shape index (κ1) is 26.5. The molecule has 1 atom stereocenters. The number of carbonyl (C=O) groups excluding carboxylic acids is 3. The van der Waals surface area contributed by atoms with E-state index in [0.29, 0.717) is 38.2 Å². The third-order valence-corrected chi connectivity index (χ3v) is 8.03. The highest BCUT2D eigenvalue weighted by molar-refractivity contribution is 7.92. The van der Waals surface area contributed by atoms with Crippen LogP contribution in [0.25, 0.3) is 0 Å². The van der Waals surface area contributed by atoms with Gasteiger partial charge in [-0.15, -0.1) is 0 Å². The van der Waals surface area contributed by atoms with Crippen molar-refractivity contribution in [3.8, 4) is 0 Å². The van der Waals surface area contributed by atoms with Gasteiger partial charge in [0, 0.05) is 55.6 Å². The van der Waals surface area contributed by atoms with Gasteiger partial charge in [-0.1, -0.05) is 0 Å². The topological polar surface area (TPSA) is 142 Å². The molecule has 3 heterocycles. The summed E-state index contributed by atoms with van der Waals surface area (Å²) in [5, 5.41) is 2.83. The molecule has 0 bridgehead atoms. The lowest BCUT2D eigenvalue weighted by atomic mass is 9.94. The number of piperidine rings is 1. The second-order valence-corrected chi connectivity index (χ2v) is 12.0. The Labute approximate surface area is 216 Å². The number of carbonyl (C=O) groups is 3. The van der Waals surface area contributed by atoms with Crippen LogP contribution in [-0.2, 0) is 24.4 Å². The number of likely N-dealkylation sites (tertiary alicyclic amines) is 2. The van der Waals surface area contributed by atoms with Gasteiger partial charge in [0.05, 0.1) is 10.8 Å². The highest BCUT2D eigenvalue weighted by atomic mass is 32.2. The molecule has 37 heavy (non-hydrogen) atoms. The fourth-order valence-corrected chi connectivity index (χ4v) is 5.59. The van der Waals surface area contributed by atoms with Crippen LogP contribution in [0.2, 0.25) is 0 Å². The normalized spacial score (nSPS) is 19.1. The first-order valence-corrected chi connectivity index (χ1v) is 13.7. The van der Waals surface area contributed by atoms with Gasteiger partial charge in [-0.3, -0.25) is 14.4 Å². The number of hydrogen-bond acceptors (Lipinski definition) is 7. The minimum atomic E-state index is -3.86. The number of nitrogens with one attached hydrogen (secondary N) is 2. The number of amides is 3. The van der Waals surface area contributed by atoms with E-state index >= 15 is 0 Å². The van der Waals surface area contributed by atoms with Crippen molar-refractivity contribution in [1.29, 1.82) is 0 Å². The molecular weight excluding hydrogens is 496 g/mol. The zero-order chi connectivity index (χ0) is 26.8. The number of sulfonamides is 1. The van der Waals surface area contributed by atoms with Gasteiger partial charge in [-0.25, -0.2) is 23.1 Å². The molecule has 2 saturated heterocycles. The Morgan fingerprint density at radius 1 is 1.00 bits per heavy atom. The summed E-state index contributed by atoms with van der Waals surface area (Å²) < 4.78 is 27.3. The fourth-order valence-electron chi connectivity index (χ4n) is 4.63. The Morgan fingerprint density at radius 3 is 2.19 bits per heavy atom. The molecule has 12 heteroatoms. The van der Waals surface area contributed by atoms with E-state index in [4.69, 9.17) is 0 Å². The summed E-state index contributed by atoms with van der Waals surface area (Å²) in [6.45, 7) is 7.24. The number of anilines is 2. The molecule has 3 amide bonds. The lowest BCUT2D eigenvalue weighted by Gasteiger charge is -2.34. The molecule has 1 unspecified atom stereocenters. The number of hydrogen-bond donors (Lipinski definition) is 2. The molecule has 0 saturated carbocycles. The number of nitrogens with zero attached hydrogens (tertiary/aromatic N) is 4. The Bertz CT molecular complexity index is 1250. The van der Waals surface area contributed by atoms with Crippen LogP contribution < -0.4 is 10.0 Å². The zero-order valence-corrected chi connectivity index (χ0v) is 22.0. The maximum atomic E-state index is 13.0. The lowest BCUT2D eigenvalue weighted by molar-refractivity contribution is -0.138. The van der Waals surface area contributed by atoms with Crippen LogP contribution in [0, 0.1) is 11.8 Å². The van der Waals surface area contributed by atoms with Gasteiger partial charge in [-0.05, 0) is 63.9 Å². The van der Waals surface area contributed by atoms with Crippen LogP contribution in [0.5, 0.6) is 0 Å². The van der Waals surface area contributed by atoms with Gasteiger partial charge >= 0.3 is 0 Å². The number of aromatic nitrogens is 2. The average molecular weight is 529 g/mol. The summed E-state index contributed by atoms with van der Waals surface area (Å²) in [5.41, 5.74) is 0.164. The van der Waals surface area contributed by atoms with Gasteiger partial charge in [0.25, 0.3) is 10.0 Å². The monoisotopic (exact) mass is 528 g/mol. The van der Waals surface area contributed by atoms with E-state index in [2.05, 4.69) is 20.0 Å². The van der Waals surface area contributed by atoms with E-state index in [1.54, 1.807) is 15.9 Å². The van der Waals surface area contributed by atoms with Gasteiger partial charge in [0.2, 0.25) is 23.7 Å². The average Bonchev–Trinajstić information content (AvgIpc) is 3.26. The van der Waals surface area contributed by atoms with Gasteiger partial charge < -0.3 is 15.1 Å². The molecule has 2 aliphatic heterocycles. The van der Waals surface area contributed by atoms with Crippen LogP contribution >= 0.6 is 0 Å². The maximum absolute atomic E-state index is 13.0. The van der Waals surface area contributed by atoms with Gasteiger partial charge in [0.1, 0.15) is 0 Å². The molecule has 0 spiro atoms. The van der Waals surface area contributed by atoms with Crippen molar-refractivity contribution in [2.24, 2.45) is 11.8 Å². The van der Waals surface area contributed by atoms with Crippen molar-refractivity contribution in [1.82, 2.24) is 19.8 Å². The van der Waals surface area contributed by atoms with Crippen LogP contribution in [-0.4, -0.2) is 71.1 Å². The van der Waals surface area contributed by atoms with Crippen molar-refractivity contribution in [3.05, 3.63) is 42.7 Å². The first-order valence-electron chi connectivity index (χ1n) is 12.2. The van der Waals surface area contributed by atoms with Crippen molar-refractivity contribution in [3.63, 3.8) is 0 Å². The van der Waals surface area contributed by atoms with Crippen molar-refractivity contribution in [2.45, 2.75) is 50.5 Å². The van der Waals surface area contributed by atoms with Crippen molar-refractivity contribution < 1.29 is 22.8 Å².